The van der Waals surface area contributed by atoms with Crippen molar-refractivity contribution in [2.45, 2.75) is 27.2 Å². The van der Waals surface area contributed by atoms with Crippen LogP contribution < -0.4 is 11.1 Å². The van der Waals surface area contributed by atoms with Gasteiger partial charge in [-0.3, -0.25) is 4.79 Å². The maximum absolute atomic E-state index is 12.3. The highest BCUT2D eigenvalue weighted by Crippen LogP contribution is 2.22. The predicted octanol–water partition coefficient (Wildman–Crippen LogP) is 3.37. The zero-order chi connectivity index (χ0) is 15.4. The third kappa shape index (κ3) is 3.70. The van der Waals surface area contributed by atoms with Crippen LogP contribution in [-0.2, 0) is 6.42 Å². The Morgan fingerprint density at radius 1 is 1.05 bits per heavy atom. The van der Waals surface area contributed by atoms with E-state index in [1.165, 1.54) is 5.56 Å². The molecule has 1 amide bonds. The van der Waals surface area contributed by atoms with Gasteiger partial charge in [-0.2, -0.15) is 0 Å². The Morgan fingerprint density at radius 3 is 2.14 bits per heavy atom. The molecule has 2 aromatic carbocycles. The second-order valence-electron chi connectivity index (χ2n) is 5.46. The molecule has 0 aliphatic rings. The molecule has 0 fully saturated rings. The molecule has 0 aliphatic carbocycles. The van der Waals surface area contributed by atoms with Crippen molar-refractivity contribution < 1.29 is 4.79 Å². The van der Waals surface area contributed by atoms with E-state index in [2.05, 4.69) is 24.4 Å². The summed E-state index contributed by atoms with van der Waals surface area (Å²) in [4.78, 5) is 12.3. The Kier molecular flexibility index (Phi) is 4.76. The fourth-order valence-corrected chi connectivity index (χ4v) is 2.55. The van der Waals surface area contributed by atoms with Crippen LogP contribution in [0.25, 0.3) is 0 Å². The van der Waals surface area contributed by atoms with E-state index < -0.39 is 0 Å². The van der Waals surface area contributed by atoms with Crippen LogP contribution in [-0.4, -0.2) is 12.5 Å². The molecule has 0 saturated carbocycles. The minimum absolute atomic E-state index is 0.0793. The molecule has 2 aromatic rings. The number of anilines is 1. The lowest BCUT2D eigenvalue weighted by atomic mass is 10.0. The second kappa shape index (κ2) is 6.55. The number of amides is 1. The molecule has 2 rings (SSSR count). The highest BCUT2D eigenvalue weighted by Gasteiger charge is 2.10. The molecule has 0 atom stereocenters. The Labute approximate surface area is 126 Å². The lowest BCUT2D eigenvalue weighted by molar-refractivity contribution is 0.102. The number of hydrogen-bond donors (Lipinski definition) is 2. The molecule has 110 valence electrons. The van der Waals surface area contributed by atoms with E-state index in [0.29, 0.717) is 12.1 Å². The van der Waals surface area contributed by atoms with Crippen molar-refractivity contribution in [3.8, 4) is 0 Å². The molecular formula is C18H22N2O. The largest absolute Gasteiger partial charge is 0.330 e. The number of hydrogen-bond acceptors (Lipinski definition) is 2. The van der Waals surface area contributed by atoms with Crippen LogP contribution in [0.15, 0.2) is 36.4 Å². The number of carbonyl (C=O) groups excluding carboxylic acids is 1. The zero-order valence-electron chi connectivity index (χ0n) is 12.9. The Bertz CT molecular complexity index is 622. The van der Waals surface area contributed by atoms with Crippen molar-refractivity contribution in [2.75, 3.05) is 11.9 Å². The monoisotopic (exact) mass is 282 g/mol. The Morgan fingerprint density at radius 2 is 1.62 bits per heavy atom. The molecule has 3 heteroatoms. The molecule has 0 radical (unpaired) electrons. The summed E-state index contributed by atoms with van der Waals surface area (Å²) in [6, 6.07) is 11.8. The highest BCUT2D eigenvalue weighted by atomic mass is 16.1. The van der Waals surface area contributed by atoms with Gasteiger partial charge in [0.25, 0.3) is 5.91 Å². The summed E-state index contributed by atoms with van der Waals surface area (Å²) in [6.07, 6.45) is 0.831. The van der Waals surface area contributed by atoms with Crippen LogP contribution in [0.3, 0.4) is 0 Å². The first kappa shape index (κ1) is 15.3. The van der Waals surface area contributed by atoms with E-state index in [1.54, 1.807) is 0 Å². The van der Waals surface area contributed by atoms with E-state index in [0.717, 1.165) is 28.8 Å². The molecule has 0 aliphatic heterocycles. The molecule has 0 saturated heterocycles. The first-order chi connectivity index (χ1) is 10.0. The van der Waals surface area contributed by atoms with Gasteiger partial charge in [0, 0.05) is 11.3 Å². The highest BCUT2D eigenvalue weighted by molar-refractivity contribution is 6.05. The summed E-state index contributed by atoms with van der Waals surface area (Å²) in [5.41, 5.74) is 11.6. The Hall–Kier alpha value is -2.13. The van der Waals surface area contributed by atoms with Crippen molar-refractivity contribution in [1.29, 1.82) is 0 Å². The number of nitrogens with two attached hydrogens (primary N) is 1. The van der Waals surface area contributed by atoms with Gasteiger partial charge in [0.1, 0.15) is 0 Å². The van der Waals surface area contributed by atoms with E-state index >= 15 is 0 Å². The number of benzene rings is 2. The van der Waals surface area contributed by atoms with Crippen LogP contribution >= 0.6 is 0 Å². The van der Waals surface area contributed by atoms with Crippen molar-refractivity contribution in [3.05, 3.63) is 64.2 Å². The van der Waals surface area contributed by atoms with Crippen molar-refractivity contribution in [3.63, 3.8) is 0 Å². The minimum atomic E-state index is -0.0793. The summed E-state index contributed by atoms with van der Waals surface area (Å²) in [6.45, 7) is 6.70. The summed E-state index contributed by atoms with van der Waals surface area (Å²) in [5, 5.41) is 3.01. The normalized spacial score (nSPS) is 10.5. The lowest BCUT2D eigenvalue weighted by Crippen LogP contribution is -2.14. The molecule has 0 bridgehead atoms. The van der Waals surface area contributed by atoms with E-state index in [4.69, 9.17) is 5.73 Å². The Balaban J connectivity index is 2.18. The van der Waals surface area contributed by atoms with Gasteiger partial charge in [0.15, 0.2) is 0 Å². The molecule has 3 nitrogen and oxygen atoms in total. The number of aryl methyl sites for hydroxylation is 3. The predicted molar refractivity (Wildman–Crippen MR) is 87.8 cm³/mol. The fourth-order valence-electron chi connectivity index (χ4n) is 2.55. The molecule has 0 spiro atoms. The van der Waals surface area contributed by atoms with Crippen LogP contribution in [0.4, 0.5) is 5.69 Å². The first-order valence-corrected chi connectivity index (χ1v) is 7.19. The fraction of sp³-hybridized carbons (Fsp3) is 0.278. The molecule has 0 unspecified atom stereocenters. The number of rotatable bonds is 4. The summed E-state index contributed by atoms with van der Waals surface area (Å²) >= 11 is 0. The minimum Gasteiger partial charge on any atom is -0.330 e. The van der Waals surface area contributed by atoms with E-state index in [-0.39, 0.29) is 5.91 Å². The summed E-state index contributed by atoms with van der Waals surface area (Å²) in [7, 11) is 0. The average Bonchev–Trinajstić information content (AvgIpc) is 2.43. The van der Waals surface area contributed by atoms with Crippen LogP contribution in [0.5, 0.6) is 0 Å². The molecule has 0 heterocycles. The number of carbonyl (C=O) groups is 1. The average molecular weight is 282 g/mol. The molecule has 21 heavy (non-hydrogen) atoms. The van der Waals surface area contributed by atoms with Gasteiger partial charge in [-0.25, -0.2) is 0 Å². The van der Waals surface area contributed by atoms with Gasteiger partial charge in [-0.05, 0) is 62.6 Å². The SMILES string of the molecule is Cc1cc(C)c(NC(=O)c2ccc(CCN)cc2)c(C)c1. The van der Waals surface area contributed by atoms with Gasteiger partial charge >= 0.3 is 0 Å². The van der Waals surface area contributed by atoms with Crippen molar-refractivity contribution in [2.24, 2.45) is 5.73 Å². The zero-order valence-corrected chi connectivity index (χ0v) is 12.9. The number of nitrogens with one attached hydrogen (secondary N) is 1. The van der Waals surface area contributed by atoms with Gasteiger partial charge in [-0.15, -0.1) is 0 Å². The third-order valence-corrected chi connectivity index (χ3v) is 3.56. The van der Waals surface area contributed by atoms with Crippen molar-refractivity contribution in [1.82, 2.24) is 0 Å². The van der Waals surface area contributed by atoms with Crippen molar-refractivity contribution >= 4 is 11.6 Å². The van der Waals surface area contributed by atoms with E-state index in [1.807, 2.05) is 38.1 Å². The lowest BCUT2D eigenvalue weighted by Gasteiger charge is -2.13. The van der Waals surface area contributed by atoms with E-state index in [9.17, 15) is 4.79 Å². The van der Waals surface area contributed by atoms with Crippen LogP contribution in [0.2, 0.25) is 0 Å². The molecular weight excluding hydrogens is 260 g/mol. The van der Waals surface area contributed by atoms with Gasteiger partial charge in [-0.1, -0.05) is 29.8 Å². The van der Waals surface area contributed by atoms with Gasteiger partial charge in [0.05, 0.1) is 0 Å². The topological polar surface area (TPSA) is 55.1 Å². The summed E-state index contributed by atoms with van der Waals surface area (Å²) < 4.78 is 0. The van der Waals surface area contributed by atoms with Gasteiger partial charge in [0.2, 0.25) is 0 Å². The second-order valence-corrected chi connectivity index (χ2v) is 5.46. The molecule has 0 aromatic heterocycles. The maximum Gasteiger partial charge on any atom is 0.255 e. The smallest absolute Gasteiger partial charge is 0.255 e. The quantitative estimate of drug-likeness (QED) is 0.903. The third-order valence-electron chi connectivity index (χ3n) is 3.56. The van der Waals surface area contributed by atoms with Crippen LogP contribution in [0.1, 0.15) is 32.6 Å². The first-order valence-electron chi connectivity index (χ1n) is 7.19. The van der Waals surface area contributed by atoms with Crippen LogP contribution in [0, 0.1) is 20.8 Å². The molecule has 3 N–H and O–H groups in total. The summed E-state index contributed by atoms with van der Waals surface area (Å²) in [5.74, 6) is -0.0793. The maximum atomic E-state index is 12.3. The standard InChI is InChI=1S/C18H22N2O/c1-12-10-13(2)17(14(3)11-12)20-18(21)16-6-4-15(5-7-16)8-9-19/h4-7,10-11H,8-9,19H2,1-3H3,(H,20,21). The van der Waals surface area contributed by atoms with Gasteiger partial charge < -0.3 is 11.1 Å².